The molecule has 0 heterocycles. The molecule has 0 N–H and O–H groups in total. The predicted octanol–water partition coefficient (Wildman–Crippen LogP) is 4.20. The van der Waals surface area contributed by atoms with Crippen LogP contribution in [0.1, 0.15) is 31.9 Å². The van der Waals surface area contributed by atoms with Gasteiger partial charge in [0.2, 0.25) is 0 Å². The molecule has 0 spiro atoms. The summed E-state index contributed by atoms with van der Waals surface area (Å²) in [5, 5.41) is 0. The number of rotatable bonds is 5. The van der Waals surface area contributed by atoms with Gasteiger partial charge in [0.05, 0.1) is 12.2 Å². The van der Waals surface area contributed by atoms with E-state index in [2.05, 4.69) is 37.4 Å². The highest BCUT2D eigenvalue weighted by molar-refractivity contribution is 5.61. The number of hydrogen-bond donors (Lipinski definition) is 0. The second kappa shape index (κ2) is 5.13. The minimum Gasteiger partial charge on any atom is -0.367 e. The molecule has 1 nitrogen and oxygen atoms in total. The molecule has 0 saturated heterocycles. The summed E-state index contributed by atoms with van der Waals surface area (Å²) >= 11 is 0. The van der Waals surface area contributed by atoms with Crippen molar-refractivity contribution in [1.82, 2.24) is 0 Å². The van der Waals surface area contributed by atoms with Gasteiger partial charge < -0.3 is 4.74 Å². The van der Waals surface area contributed by atoms with Crippen molar-refractivity contribution in [2.24, 2.45) is 0 Å². The Kier molecular flexibility index (Phi) is 4.08. The maximum Gasteiger partial charge on any atom is 0.0808 e. The first-order valence-corrected chi connectivity index (χ1v) is 5.47. The molecule has 0 radical (unpaired) electrons. The van der Waals surface area contributed by atoms with Crippen molar-refractivity contribution < 1.29 is 4.74 Å². The molecule has 0 bridgehead atoms. The van der Waals surface area contributed by atoms with Crippen LogP contribution >= 0.6 is 0 Å². The van der Waals surface area contributed by atoms with E-state index < -0.39 is 0 Å². The third-order valence-electron chi connectivity index (χ3n) is 2.55. The normalized spacial score (nSPS) is 11.2. The van der Waals surface area contributed by atoms with Gasteiger partial charge in [-0.15, -0.1) is 6.58 Å². The van der Waals surface area contributed by atoms with Gasteiger partial charge in [0, 0.05) is 0 Å². The topological polar surface area (TPSA) is 9.23 Å². The molecule has 0 aliphatic heterocycles. The van der Waals surface area contributed by atoms with Crippen molar-refractivity contribution in [2.75, 3.05) is 0 Å². The summed E-state index contributed by atoms with van der Waals surface area (Å²) in [6.45, 7) is 14.3. The van der Waals surface area contributed by atoms with Gasteiger partial charge in [0.15, 0.2) is 0 Å². The Morgan fingerprint density at radius 3 is 2.31 bits per heavy atom. The van der Waals surface area contributed by atoms with Crippen LogP contribution in [0.2, 0.25) is 0 Å². The number of allylic oxidation sites excluding steroid dienone is 1. The molecule has 0 aliphatic carbocycles. The van der Waals surface area contributed by atoms with E-state index in [9.17, 15) is 0 Å². The Morgan fingerprint density at radius 1 is 1.31 bits per heavy atom. The second-order valence-corrected chi connectivity index (χ2v) is 4.57. The molecule has 86 valence electrons. The van der Waals surface area contributed by atoms with Crippen LogP contribution in [-0.4, -0.2) is 5.60 Å². The first-order chi connectivity index (χ1) is 7.44. The molecule has 0 unspecified atom stereocenters. The number of ether oxygens (including phenoxy) is 1. The summed E-state index contributed by atoms with van der Waals surface area (Å²) in [4.78, 5) is 0. The molecule has 0 fully saturated rings. The quantitative estimate of drug-likeness (QED) is 0.670. The predicted molar refractivity (Wildman–Crippen MR) is 70.2 cm³/mol. The van der Waals surface area contributed by atoms with E-state index in [4.69, 9.17) is 4.74 Å². The van der Waals surface area contributed by atoms with Gasteiger partial charge in [0.1, 0.15) is 0 Å². The van der Waals surface area contributed by atoms with E-state index >= 15 is 0 Å². The third-order valence-corrected chi connectivity index (χ3v) is 2.55. The zero-order valence-electron chi connectivity index (χ0n) is 10.4. The van der Waals surface area contributed by atoms with Crippen molar-refractivity contribution in [3.63, 3.8) is 0 Å². The van der Waals surface area contributed by atoms with Crippen LogP contribution < -0.4 is 0 Å². The summed E-state index contributed by atoms with van der Waals surface area (Å²) in [6.07, 6.45) is 1.81. The summed E-state index contributed by atoms with van der Waals surface area (Å²) in [5.74, 6) is 0. The van der Waals surface area contributed by atoms with E-state index in [1.54, 1.807) is 0 Å². The fourth-order valence-corrected chi connectivity index (χ4v) is 1.21. The fraction of sp³-hybridized carbons (Fsp3) is 0.333. The summed E-state index contributed by atoms with van der Waals surface area (Å²) < 4.78 is 5.72. The van der Waals surface area contributed by atoms with Gasteiger partial charge >= 0.3 is 0 Å². The van der Waals surface area contributed by atoms with Crippen LogP contribution in [0.4, 0.5) is 0 Å². The first-order valence-electron chi connectivity index (χ1n) is 5.47. The van der Waals surface area contributed by atoms with E-state index in [1.165, 1.54) is 11.1 Å². The summed E-state index contributed by atoms with van der Waals surface area (Å²) in [7, 11) is 0. The van der Waals surface area contributed by atoms with Gasteiger partial charge in [-0.1, -0.05) is 42.5 Å². The molecule has 0 saturated carbocycles. The lowest BCUT2D eigenvalue weighted by Crippen LogP contribution is -2.20. The fourth-order valence-electron chi connectivity index (χ4n) is 1.21. The zero-order valence-corrected chi connectivity index (χ0v) is 10.4. The van der Waals surface area contributed by atoms with Crippen molar-refractivity contribution in [3.8, 4) is 0 Å². The van der Waals surface area contributed by atoms with E-state index in [0.717, 1.165) is 5.57 Å². The maximum atomic E-state index is 5.72. The minimum atomic E-state index is -0.271. The molecule has 1 aromatic rings. The monoisotopic (exact) mass is 216 g/mol. The van der Waals surface area contributed by atoms with Crippen molar-refractivity contribution >= 4 is 5.57 Å². The largest absolute Gasteiger partial charge is 0.367 e. The van der Waals surface area contributed by atoms with Crippen LogP contribution in [0, 0.1) is 0 Å². The van der Waals surface area contributed by atoms with Gasteiger partial charge in [-0.25, -0.2) is 0 Å². The molecule has 16 heavy (non-hydrogen) atoms. The van der Waals surface area contributed by atoms with E-state index in [1.807, 2.05) is 26.8 Å². The van der Waals surface area contributed by atoms with Crippen LogP contribution in [0.25, 0.3) is 5.57 Å². The Balaban J connectivity index is 2.63. The molecule has 1 rings (SSSR count). The van der Waals surface area contributed by atoms with Gasteiger partial charge in [0.25, 0.3) is 0 Å². The molecule has 0 atom stereocenters. The molecule has 0 amide bonds. The second-order valence-electron chi connectivity index (χ2n) is 4.57. The SMILES string of the molecule is C=CC(C)(C)OCc1ccc(C(=C)C)cc1. The van der Waals surface area contributed by atoms with Gasteiger partial charge in [-0.05, 0) is 31.9 Å². The molecule has 0 aromatic heterocycles. The van der Waals surface area contributed by atoms with Crippen LogP contribution in [-0.2, 0) is 11.3 Å². The highest BCUT2D eigenvalue weighted by Gasteiger charge is 2.12. The van der Waals surface area contributed by atoms with Crippen LogP contribution in [0.3, 0.4) is 0 Å². The lowest BCUT2D eigenvalue weighted by molar-refractivity contribution is 0.00739. The molecular weight excluding hydrogens is 196 g/mol. The van der Waals surface area contributed by atoms with Crippen molar-refractivity contribution in [3.05, 3.63) is 54.6 Å². The Hall–Kier alpha value is -1.34. The van der Waals surface area contributed by atoms with Crippen molar-refractivity contribution in [1.29, 1.82) is 0 Å². The molecule has 1 aromatic carbocycles. The number of benzene rings is 1. The highest BCUT2D eigenvalue weighted by Crippen LogP contribution is 2.16. The maximum absolute atomic E-state index is 5.72. The third kappa shape index (κ3) is 3.67. The lowest BCUT2D eigenvalue weighted by atomic mass is 10.1. The van der Waals surface area contributed by atoms with E-state index in [0.29, 0.717) is 6.61 Å². The van der Waals surface area contributed by atoms with Crippen LogP contribution in [0.15, 0.2) is 43.5 Å². The zero-order chi connectivity index (χ0) is 12.2. The molecule has 0 aliphatic rings. The molecular formula is C15H20O. The average molecular weight is 216 g/mol. The highest BCUT2D eigenvalue weighted by atomic mass is 16.5. The Morgan fingerprint density at radius 2 is 1.88 bits per heavy atom. The Labute approximate surface area is 98.5 Å². The van der Waals surface area contributed by atoms with Crippen molar-refractivity contribution in [2.45, 2.75) is 33.0 Å². The van der Waals surface area contributed by atoms with Gasteiger partial charge in [-0.2, -0.15) is 0 Å². The first kappa shape index (κ1) is 12.7. The minimum absolute atomic E-state index is 0.271. The Bertz CT molecular complexity index is 371. The lowest BCUT2D eigenvalue weighted by Gasteiger charge is -2.20. The van der Waals surface area contributed by atoms with Crippen LogP contribution in [0.5, 0.6) is 0 Å². The average Bonchev–Trinajstić information content (AvgIpc) is 2.27. The smallest absolute Gasteiger partial charge is 0.0808 e. The standard InChI is InChI=1S/C15H20O/c1-6-15(4,5)16-11-13-7-9-14(10-8-13)12(2)3/h6-10H,1-2,11H2,3-5H3. The molecule has 1 heteroatoms. The summed E-state index contributed by atoms with van der Waals surface area (Å²) in [6, 6.07) is 8.29. The summed E-state index contributed by atoms with van der Waals surface area (Å²) in [5.41, 5.74) is 3.15. The van der Waals surface area contributed by atoms with E-state index in [-0.39, 0.29) is 5.60 Å². The number of hydrogen-bond acceptors (Lipinski definition) is 1. The van der Waals surface area contributed by atoms with Gasteiger partial charge in [-0.3, -0.25) is 0 Å².